The van der Waals surface area contributed by atoms with E-state index in [1.54, 1.807) is 13.0 Å². The second-order valence-corrected chi connectivity index (χ2v) is 5.75. The molecule has 1 aromatic carbocycles. The smallest absolute Gasteiger partial charge is 0.287 e. The van der Waals surface area contributed by atoms with E-state index in [1.807, 2.05) is 4.72 Å². The zero-order valence-corrected chi connectivity index (χ0v) is 11.3. The number of aryl methyl sites for hydroxylation is 1. The van der Waals surface area contributed by atoms with Crippen LogP contribution in [0.3, 0.4) is 0 Å². The summed E-state index contributed by atoms with van der Waals surface area (Å²) >= 11 is 5.78. The Bertz CT molecular complexity index is 724. The third kappa shape index (κ3) is 2.94. The zero-order valence-electron chi connectivity index (χ0n) is 9.75. The van der Waals surface area contributed by atoms with Crippen molar-refractivity contribution < 1.29 is 17.7 Å². The molecule has 0 fully saturated rings. The van der Waals surface area contributed by atoms with Gasteiger partial charge in [-0.2, -0.15) is 0 Å². The molecule has 0 atom stereocenters. The van der Waals surface area contributed by atoms with Crippen molar-refractivity contribution in [1.82, 2.24) is 9.88 Å². The highest BCUT2D eigenvalue weighted by molar-refractivity contribution is 7.90. The van der Waals surface area contributed by atoms with E-state index < -0.39 is 15.9 Å². The van der Waals surface area contributed by atoms with E-state index in [9.17, 15) is 13.2 Å². The number of nitrogens with zero attached hydrogens (tertiary/aromatic N) is 1. The summed E-state index contributed by atoms with van der Waals surface area (Å²) in [5.41, 5.74) is -0.117. The van der Waals surface area contributed by atoms with Gasteiger partial charge in [-0.05, 0) is 19.1 Å². The molecular formula is C11H9ClN2O4S. The molecule has 0 radical (unpaired) electrons. The first-order valence-corrected chi connectivity index (χ1v) is 7.01. The van der Waals surface area contributed by atoms with Gasteiger partial charge < -0.3 is 4.52 Å². The Morgan fingerprint density at radius 3 is 2.63 bits per heavy atom. The maximum Gasteiger partial charge on any atom is 0.287 e. The topological polar surface area (TPSA) is 89.3 Å². The number of aromatic nitrogens is 1. The van der Waals surface area contributed by atoms with Gasteiger partial charge in [0.25, 0.3) is 15.9 Å². The second kappa shape index (κ2) is 5.02. The summed E-state index contributed by atoms with van der Waals surface area (Å²) in [6.45, 7) is 1.59. The molecule has 100 valence electrons. The van der Waals surface area contributed by atoms with E-state index >= 15 is 0 Å². The molecule has 1 aromatic heterocycles. The second-order valence-electron chi connectivity index (χ2n) is 3.69. The van der Waals surface area contributed by atoms with Crippen LogP contribution in [0.4, 0.5) is 0 Å². The molecule has 0 aliphatic carbocycles. The molecule has 1 amide bonds. The fourth-order valence-corrected chi connectivity index (χ4v) is 2.85. The van der Waals surface area contributed by atoms with Gasteiger partial charge in [-0.15, -0.1) is 0 Å². The fraction of sp³-hybridized carbons (Fsp3) is 0.0909. The van der Waals surface area contributed by atoms with E-state index in [2.05, 4.69) is 5.16 Å². The van der Waals surface area contributed by atoms with E-state index in [0.717, 1.165) is 0 Å². The van der Waals surface area contributed by atoms with Crippen LogP contribution in [0.2, 0.25) is 5.02 Å². The summed E-state index contributed by atoms with van der Waals surface area (Å²) < 4.78 is 30.5. The number of hydrogen-bond donors (Lipinski definition) is 1. The number of benzene rings is 1. The van der Waals surface area contributed by atoms with Gasteiger partial charge in [0, 0.05) is 6.07 Å². The lowest BCUT2D eigenvalue weighted by Gasteiger charge is -2.06. The first kappa shape index (κ1) is 13.6. The molecule has 0 saturated heterocycles. The number of rotatable bonds is 3. The lowest BCUT2D eigenvalue weighted by Crippen LogP contribution is -2.31. The number of carbonyl (C=O) groups is 1. The molecular weight excluding hydrogens is 292 g/mol. The molecule has 6 nitrogen and oxygen atoms in total. The van der Waals surface area contributed by atoms with Crippen LogP contribution < -0.4 is 4.72 Å². The lowest BCUT2D eigenvalue weighted by atomic mass is 10.4. The number of halogens is 1. The maximum absolute atomic E-state index is 12.0. The highest BCUT2D eigenvalue weighted by Gasteiger charge is 2.22. The monoisotopic (exact) mass is 300 g/mol. The van der Waals surface area contributed by atoms with E-state index in [1.165, 1.54) is 24.3 Å². The Hall–Kier alpha value is -1.86. The molecule has 2 rings (SSSR count). The van der Waals surface area contributed by atoms with Gasteiger partial charge >= 0.3 is 0 Å². The SMILES string of the molecule is Cc1cc(C(=O)NS(=O)(=O)c2ccccc2Cl)no1. The summed E-state index contributed by atoms with van der Waals surface area (Å²) in [6, 6.07) is 7.14. The van der Waals surface area contributed by atoms with Gasteiger partial charge in [-0.1, -0.05) is 28.9 Å². The number of amides is 1. The molecule has 8 heteroatoms. The van der Waals surface area contributed by atoms with Crippen LogP contribution in [0.5, 0.6) is 0 Å². The van der Waals surface area contributed by atoms with Crippen LogP contribution in [0, 0.1) is 6.92 Å². The van der Waals surface area contributed by atoms with Crippen LogP contribution in [0.1, 0.15) is 16.2 Å². The van der Waals surface area contributed by atoms with Crippen molar-refractivity contribution in [2.75, 3.05) is 0 Å². The van der Waals surface area contributed by atoms with Gasteiger partial charge in [0.1, 0.15) is 10.7 Å². The van der Waals surface area contributed by atoms with Gasteiger partial charge in [-0.25, -0.2) is 13.1 Å². The first-order chi connectivity index (χ1) is 8.90. The van der Waals surface area contributed by atoms with Gasteiger partial charge in [0.2, 0.25) is 0 Å². The van der Waals surface area contributed by atoms with Crippen molar-refractivity contribution in [2.24, 2.45) is 0 Å². The predicted octanol–water partition coefficient (Wildman–Crippen LogP) is 1.76. The Morgan fingerprint density at radius 1 is 1.37 bits per heavy atom. The molecule has 0 aliphatic rings. The fourth-order valence-electron chi connectivity index (χ4n) is 1.37. The van der Waals surface area contributed by atoms with Gasteiger partial charge in [0.15, 0.2) is 5.69 Å². The molecule has 2 aromatic rings. The molecule has 19 heavy (non-hydrogen) atoms. The molecule has 1 heterocycles. The van der Waals surface area contributed by atoms with E-state index in [-0.39, 0.29) is 15.6 Å². The lowest BCUT2D eigenvalue weighted by molar-refractivity contribution is 0.0972. The van der Waals surface area contributed by atoms with Crippen LogP contribution >= 0.6 is 11.6 Å². The average molecular weight is 301 g/mol. The van der Waals surface area contributed by atoms with Gasteiger partial charge in [-0.3, -0.25) is 4.79 Å². The normalized spacial score (nSPS) is 11.3. The quantitative estimate of drug-likeness (QED) is 0.933. The minimum absolute atomic E-state index is 0.0270. The largest absolute Gasteiger partial charge is 0.361 e. The summed E-state index contributed by atoms with van der Waals surface area (Å²) in [4.78, 5) is 11.5. The van der Waals surface area contributed by atoms with Crippen molar-refractivity contribution in [3.05, 3.63) is 46.8 Å². The molecule has 1 N–H and O–H groups in total. The molecule has 0 spiro atoms. The highest BCUT2D eigenvalue weighted by atomic mass is 35.5. The predicted molar refractivity (Wildman–Crippen MR) is 67.3 cm³/mol. The van der Waals surface area contributed by atoms with Crippen LogP contribution in [-0.4, -0.2) is 19.5 Å². The third-order valence-corrected chi connectivity index (χ3v) is 4.04. The molecule has 0 unspecified atom stereocenters. The third-order valence-electron chi connectivity index (χ3n) is 2.21. The average Bonchev–Trinajstić information content (AvgIpc) is 2.76. The number of carbonyl (C=O) groups excluding carboxylic acids is 1. The van der Waals surface area contributed by atoms with Crippen LogP contribution in [0.15, 0.2) is 39.8 Å². The summed E-state index contributed by atoms with van der Waals surface area (Å²) in [6.07, 6.45) is 0. The number of sulfonamides is 1. The standard InChI is InChI=1S/C11H9ClN2O4S/c1-7-6-9(13-18-7)11(15)14-19(16,17)10-5-3-2-4-8(10)12/h2-6H,1H3,(H,14,15). The van der Waals surface area contributed by atoms with Gasteiger partial charge in [0.05, 0.1) is 5.02 Å². The summed E-state index contributed by atoms with van der Waals surface area (Å²) in [5, 5.41) is 3.46. The number of hydrogen-bond acceptors (Lipinski definition) is 5. The van der Waals surface area contributed by atoms with Crippen molar-refractivity contribution in [1.29, 1.82) is 0 Å². The summed E-state index contributed by atoms with van der Waals surface area (Å²) in [7, 11) is -4.04. The Balaban J connectivity index is 2.28. The summed E-state index contributed by atoms with van der Waals surface area (Å²) in [5.74, 6) is -0.475. The maximum atomic E-state index is 12.0. The van der Waals surface area contributed by atoms with Crippen molar-refractivity contribution in [3.63, 3.8) is 0 Å². The Kier molecular flexibility index (Phi) is 3.59. The van der Waals surface area contributed by atoms with E-state index in [4.69, 9.17) is 16.1 Å². The minimum atomic E-state index is -4.04. The molecule has 0 saturated carbocycles. The Labute approximate surface area is 114 Å². The van der Waals surface area contributed by atoms with Crippen molar-refractivity contribution in [3.8, 4) is 0 Å². The number of nitrogens with one attached hydrogen (secondary N) is 1. The van der Waals surface area contributed by atoms with Crippen molar-refractivity contribution in [2.45, 2.75) is 11.8 Å². The van der Waals surface area contributed by atoms with Crippen LogP contribution in [-0.2, 0) is 10.0 Å². The zero-order chi connectivity index (χ0) is 14.0. The van der Waals surface area contributed by atoms with E-state index in [0.29, 0.717) is 5.76 Å². The minimum Gasteiger partial charge on any atom is -0.361 e. The van der Waals surface area contributed by atoms with Crippen LogP contribution in [0.25, 0.3) is 0 Å². The Morgan fingerprint density at radius 2 is 2.05 bits per heavy atom. The molecule has 0 aliphatic heterocycles. The highest BCUT2D eigenvalue weighted by Crippen LogP contribution is 2.20. The first-order valence-electron chi connectivity index (χ1n) is 5.15. The van der Waals surface area contributed by atoms with Crippen molar-refractivity contribution >= 4 is 27.5 Å². The molecule has 0 bridgehead atoms.